The van der Waals surface area contributed by atoms with E-state index >= 15 is 0 Å². The molecule has 6 nitrogen and oxygen atoms in total. The monoisotopic (exact) mass is 346 g/mol. The van der Waals surface area contributed by atoms with E-state index in [4.69, 9.17) is 14.2 Å². The summed E-state index contributed by atoms with van der Waals surface area (Å²) in [6, 6.07) is 0. The van der Waals surface area contributed by atoms with E-state index in [9.17, 15) is 14.7 Å². The number of epoxide rings is 1. The summed E-state index contributed by atoms with van der Waals surface area (Å²) in [6.45, 7) is 13.7. The summed E-state index contributed by atoms with van der Waals surface area (Å²) in [4.78, 5) is 24.3. The topological polar surface area (TPSA) is 85.4 Å². The van der Waals surface area contributed by atoms with Crippen LogP contribution < -0.4 is 0 Å². The molecule has 7 atom stereocenters. The number of aliphatic hydroxyl groups excluding tert-OH is 1. The molecule has 0 bridgehead atoms. The van der Waals surface area contributed by atoms with Crippen molar-refractivity contribution in [3.05, 3.63) is 36.5 Å². The van der Waals surface area contributed by atoms with Crippen molar-refractivity contribution in [3.63, 3.8) is 0 Å². The Bertz CT molecular complexity index is 703. The molecule has 1 N–H and O–H groups in total. The lowest BCUT2D eigenvalue weighted by Crippen LogP contribution is -2.43. The van der Waals surface area contributed by atoms with E-state index in [1.807, 2.05) is 0 Å². The Hall–Kier alpha value is -1.92. The van der Waals surface area contributed by atoms with Crippen LogP contribution in [0.15, 0.2) is 36.5 Å². The Balaban J connectivity index is 1.73. The molecular weight excluding hydrogens is 324 g/mol. The van der Waals surface area contributed by atoms with Gasteiger partial charge in [0.2, 0.25) is 0 Å². The third-order valence-electron chi connectivity index (χ3n) is 6.13. The molecule has 25 heavy (non-hydrogen) atoms. The molecule has 134 valence electrons. The molecule has 0 aromatic rings. The molecular formula is C19H22O6. The predicted molar refractivity (Wildman–Crippen MR) is 87.2 cm³/mol. The van der Waals surface area contributed by atoms with Crippen molar-refractivity contribution >= 4 is 11.9 Å². The molecule has 0 radical (unpaired) electrons. The largest absolute Gasteiger partial charge is 0.458 e. The number of carbonyl (C=O) groups excluding carboxylic acids is 2. The van der Waals surface area contributed by atoms with Crippen LogP contribution in [-0.4, -0.2) is 47.6 Å². The van der Waals surface area contributed by atoms with Gasteiger partial charge in [-0.25, -0.2) is 9.59 Å². The van der Waals surface area contributed by atoms with Crippen LogP contribution in [-0.2, 0) is 23.8 Å². The number of carbonyl (C=O) groups is 2. The van der Waals surface area contributed by atoms with Gasteiger partial charge < -0.3 is 19.3 Å². The summed E-state index contributed by atoms with van der Waals surface area (Å²) in [6.07, 6.45) is -0.814. The van der Waals surface area contributed by atoms with Gasteiger partial charge in [-0.3, -0.25) is 0 Å². The van der Waals surface area contributed by atoms with Gasteiger partial charge in [-0.05, 0) is 19.3 Å². The van der Waals surface area contributed by atoms with Crippen molar-refractivity contribution in [1.29, 1.82) is 0 Å². The maximum absolute atomic E-state index is 12.2. The van der Waals surface area contributed by atoms with Gasteiger partial charge in [0.1, 0.15) is 17.8 Å². The maximum Gasteiger partial charge on any atom is 0.334 e. The van der Waals surface area contributed by atoms with Gasteiger partial charge in [-0.2, -0.15) is 0 Å². The fourth-order valence-electron chi connectivity index (χ4n) is 4.77. The van der Waals surface area contributed by atoms with Gasteiger partial charge in [-0.15, -0.1) is 0 Å². The minimum atomic E-state index is -0.686. The van der Waals surface area contributed by atoms with E-state index in [2.05, 4.69) is 19.7 Å². The zero-order valence-electron chi connectivity index (χ0n) is 14.2. The SMILES string of the molecule is C=C(C)C(=O)O[C@H]1CC(=C)[C@@H]2C[C@H](O)C3(CO3)[C@@H]2[C@H]2OC(=O)C(=C)[C@@H]21. The van der Waals surface area contributed by atoms with Crippen molar-refractivity contribution in [2.24, 2.45) is 17.8 Å². The van der Waals surface area contributed by atoms with E-state index in [0.29, 0.717) is 30.6 Å². The highest BCUT2D eigenvalue weighted by atomic mass is 16.6. The highest BCUT2D eigenvalue weighted by molar-refractivity contribution is 5.91. The Morgan fingerprint density at radius 1 is 1.40 bits per heavy atom. The van der Waals surface area contributed by atoms with Gasteiger partial charge in [0, 0.05) is 23.5 Å². The molecule has 1 spiro atoms. The quantitative estimate of drug-likeness (QED) is 0.351. The van der Waals surface area contributed by atoms with Crippen molar-refractivity contribution < 1.29 is 28.9 Å². The zero-order valence-corrected chi connectivity index (χ0v) is 14.2. The van der Waals surface area contributed by atoms with Crippen LogP contribution in [0.5, 0.6) is 0 Å². The van der Waals surface area contributed by atoms with Crippen LogP contribution in [0.1, 0.15) is 19.8 Å². The number of esters is 2. The van der Waals surface area contributed by atoms with Crippen LogP contribution in [0.3, 0.4) is 0 Å². The molecule has 2 saturated heterocycles. The molecule has 0 aromatic heterocycles. The van der Waals surface area contributed by atoms with Crippen LogP contribution in [0.2, 0.25) is 0 Å². The summed E-state index contributed by atoms with van der Waals surface area (Å²) in [7, 11) is 0. The maximum atomic E-state index is 12.2. The van der Waals surface area contributed by atoms with E-state index in [1.165, 1.54) is 0 Å². The minimum Gasteiger partial charge on any atom is -0.458 e. The molecule has 0 amide bonds. The first-order chi connectivity index (χ1) is 11.8. The first-order valence-corrected chi connectivity index (χ1v) is 8.52. The first-order valence-electron chi connectivity index (χ1n) is 8.52. The normalized spacial score (nSPS) is 44.8. The minimum absolute atomic E-state index is 0.0442. The molecule has 2 aliphatic carbocycles. The second kappa shape index (κ2) is 5.29. The number of fused-ring (bicyclic) bond motifs is 4. The molecule has 4 rings (SSSR count). The van der Waals surface area contributed by atoms with Gasteiger partial charge >= 0.3 is 11.9 Å². The average molecular weight is 346 g/mol. The highest BCUT2D eigenvalue weighted by Crippen LogP contribution is 2.60. The fraction of sp³-hybridized carbons (Fsp3) is 0.579. The van der Waals surface area contributed by atoms with E-state index in [-0.39, 0.29) is 11.8 Å². The number of hydrogen-bond donors (Lipinski definition) is 1. The van der Waals surface area contributed by atoms with Gasteiger partial charge in [0.05, 0.1) is 18.6 Å². The van der Waals surface area contributed by atoms with Gasteiger partial charge in [0.15, 0.2) is 0 Å². The standard InChI is InChI=1S/C19H22O6/c1-8(2)17(21)24-12-5-9(3)11-6-13(20)19(7-23-19)15(11)16-14(12)10(4)18(22)25-16/h11-16,20H,1,3-7H2,2H3/t11-,12-,13-,14+,15-,16-,19?/m0/s1. The first kappa shape index (κ1) is 16.5. The molecule has 2 aliphatic heterocycles. The van der Waals surface area contributed by atoms with Crippen molar-refractivity contribution in [1.82, 2.24) is 0 Å². The van der Waals surface area contributed by atoms with Gasteiger partial charge in [0.25, 0.3) is 0 Å². The fourth-order valence-corrected chi connectivity index (χ4v) is 4.77. The van der Waals surface area contributed by atoms with Crippen LogP contribution >= 0.6 is 0 Å². The second-order valence-electron chi connectivity index (χ2n) is 7.63. The van der Waals surface area contributed by atoms with E-state index < -0.39 is 41.8 Å². The number of rotatable bonds is 2. The Labute approximate surface area is 146 Å². The smallest absolute Gasteiger partial charge is 0.334 e. The van der Waals surface area contributed by atoms with Crippen LogP contribution in [0, 0.1) is 17.8 Å². The lowest BCUT2D eigenvalue weighted by atomic mass is 9.78. The molecule has 6 heteroatoms. The third-order valence-corrected chi connectivity index (χ3v) is 6.13. The molecule has 4 fully saturated rings. The highest BCUT2D eigenvalue weighted by Gasteiger charge is 2.70. The summed E-state index contributed by atoms with van der Waals surface area (Å²) in [5, 5.41) is 10.5. The number of hydrogen-bond acceptors (Lipinski definition) is 6. The lowest BCUT2D eigenvalue weighted by molar-refractivity contribution is -0.149. The third kappa shape index (κ3) is 2.24. The van der Waals surface area contributed by atoms with E-state index in [1.54, 1.807) is 6.92 Å². The number of aliphatic hydroxyl groups is 1. The van der Waals surface area contributed by atoms with Crippen LogP contribution in [0.25, 0.3) is 0 Å². The van der Waals surface area contributed by atoms with Crippen LogP contribution in [0.4, 0.5) is 0 Å². The van der Waals surface area contributed by atoms with Gasteiger partial charge in [-0.1, -0.05) is 25.3 Å². The lowest BCUT2D eigenvalue weighted by Gasteiger charge is -2.30. The Morgan fingerprint density at radius 3 is 2.68 bits per heavy atom. The summed E-state index contributed by atoms with van der Waals surface area (Å²) >= 11 is 0. The van der Waals surface area contributed by atoms with Crippen molar-refractivity contribution in [2.75, 3.05) is 6.61 Å². The Kier molecular flexibility index (Phi) is 3.50. The molecule has 1 unspecified atom stereocenters. The summed E-state index contributed by atoms with van der Waals surface area (Å²) < 4.78 is 16.9. The second-order valence-corrected chi connectivity index (χ2v) is 7.63. The average Bonchev–Trinajstić information content (AvgIpc) is 3.22. The van der Waals surface area contributed by atoms with E-state index in [0.717, 1.165) is 5.57 Å². The summed E-state index contributed by atoms with van der Waals surface area (Å²) in [5.41, 5.74) is 0.790. The molecule has 4 aliphatic rings. The van der Waals surface area contributed by atoms with Crippen molar-refractivity contribution in [2.45, 2.75) is 43.7 Å². The predicted octanol–water partition coefficient (Wildman–Crippen LogP) is 1.30. The Morgan fingerprint density at radius 2 is 2.08 bits per heavy atom. The number of ether oxygens (including phenoxy) is 3. The zero-order chi connectivity index (χ0) is 18.1. The van der Waals surface area contributed by atoms with Crippen molar-refractivity contribution in [3.8, 4) is 0 Å². The molecule has 2 heterocycles. The summed E-state index contributed by atoms with van der Waals surface area (Å²) in [5.74, 6) is -1.69. The molecule has 0 aromatic carbocycles. The molecule has 2 saturated carbocycles.